The van der Waals surface area contributed by atoms with Crippen LogP contribution in [0.15, 0.2) is 24.3 Å². The average molecular weight is 206 g/mol. The summed E-state index contributed by atoms with van der Waals surface area (Å²) < 4.78 is 0. The van der Waals surface area contributed by atoms with E-state index in [9.17, 15) is 4.79 Å². The summed E-state index contributed by atoms with van der Waals surface area (Å²) in [6, 6.07) is 4.89. The number of benzene rings is 1. The minimum absolute atomic E-state index is 0.140. The van der Waals surface area contributed by atoms with E-state index in [-0.39, 0.29) is 11.3 Å². The van der Waals surface area contributed by atoms with Gasteiger partial charge in [-0.15, -0.1) is 0 Å². The first-order valence-corrected chi connectivity index (χ1v) is 4.59. The lowest BCUT2D eigenvalue weighted by atomic mass is 10.1. The normalized spacial score (nSPS) is 10.7. The third-order valence-electron chi connectivity index (χ3n) is 1.94. The monoisotopic (exact) mass is 206 g/mol. The number of nitrogens with one attached hydrogen (secondary N) is 1. The second-order valence-corrected chi connectivity index (χ2v) is 3.11. The molecule has 80 valence electrons. The molecule has 4 N–H and O–H groups in total. The van der Waals surface area contributed by atoms with Crippen molar-refractivity contribution >= 4 is 17.7 Å². The van der Waals surface area contributed by atoms with Gasteiger partial charge in [-0.3, -0.25) is 0 Å². The van der Waals surface area contributed by atoms with Crippen LogP contribution in [0.2, 0.25) is 0 Å². The number of carboxylic acid groups (broad SMARTS) is 1. The minimum Gasteiger partial charge on any atom is -0.478 e. The Morgan fingerprint density at radius 1 is 1.60 bits per heavy atom. The maximum Gasteiger partial charge on any atom is 0.337 e. The number of nitrogens with two attached hydrogens (primary N) is 1. The van der Waals surface area contributed by atoms with Crippen molar-refractivity contribution in [2.75, 3.05) is 19.3 Å². The van der Waals surface area contributed by atoms with Crippen molar-refractivity contribution in [2.45, 2.75) is 0 Å². The molecule has 15 heavy (non-hydrogen) atoms. The molecule has 0 fully saturated rings. The van der Waals surface area contributed by atoms with E-state index in [1.165, 1.54) is 6.07 Å². The van der Waals surface area contributed by atoms with Gasteiger partial charge in [0.15, 0.2) is 0 Å². The van der Waals surface area contributed by atoms with Crippen LogP contribution in [-0.4, -0.2) is 24.7 Å². The van der Waals surface area contributed by atoms with Gasteiger partial charge >= 0.3 is 5.97 Å². The molecule has 0 spiro atoms. The molecule has 0 saturated carbocycles. The fraction of sp³-hybridized carbons (Fsp3) is 0.182. The molecule has 0 aromatic heterocycles. The van der Waals surface area contributed by atoms with Crippen LogP contribution in [-0.2, 0) is 0 Å². The Balaban J connectivity index is 2.87. The number of carboxylic acids is 1. The molecule has 0 aliphatic heterocycles. The van der Waals surface area contributed by atoms with Crippen LogP contribution < -0.4 is 11.1 Å². The van der Waals surface area contributed by atoms with E-state index in [2.05, 4.69) is 5.32 Å². The van der Waals surface area contributed by atoms with Crippen LogP contribution in [0, 0.1) is 0 Å². The number of rotatable bonds is 4. The van der Waals surface area contributed by atoms with E-state index in [0.29, 0.717) is 0 Å². The molecule has 4 heteroatoms. The third kappa shape index (κ3) is 3.11. The molecule has 0 amide bonds. The Labute approximate surface area is 88.4 Å². The highest BCUT2D eigenvalue weighted by Crippen LogP contribution is 2.15. The number of hydrogen-bond acceptors (Lipinski definition) is 3. The highest BCUT2D eigenvalue weighted by molar-refractivity contribution is 5.94. The molecule has 0 radical (unpaired) electrons. The molecule has 0 unspecified atom stereocenters. The quantitative estimate of drug-likeness (QED) is 0.647. The smallest absolute Gasteiger partial charge is 0.337 e. The summed E-state index contributed by atoms with van der Waals surface area (Å²) in [5.74, 6) is -1.00. The van der Waals surface area contributed by atoms with Gasteiger partial charge in [0.25, 0.3) is 0 Å². The molecule has 0 saturated heterocycles. The van der Waals surface area contributed by atoms with Crippen molar-refractivity contribution in [1.82, 2.24) is 5.32 Å². The van der Waals surface area contributed by atoms with Crippen molar-refractivity contribution in [3.63, 3.8) is 0 Å². The summed E-state index contributed by atoms with van der Waals surface area (Å²) >= 11 is 0. The fourth-order valence-corrected chi connectivity index (χ4v) is 1.19. The standard InChI is InChI=1S/C11H14N2O2/c1-13-6-2-3-8-4-5-9(11(14)15)10(12)7-8/h2-5,7,13H,6,12H2,1H3,(H,14,15). The molecule has 4 nitrogen and oxygen atoms in total. The largest absolute Gasteiger partial charge is 0.478 e. The van der Waals surface area contributed by atoms with Crippen LogP contribution in [0.3, 0.4) is 0 Å². The Hall–Kier alpha value is -1.81. The predicted octanol–water partition coefficient (Wildman–Crippen LogP) is 1.20. The van der Waals surface area contributed by atoms with E-state index in [1.807, 2.05) is 19.2 Å². The van der Waals surface area contributed by atoms with Crippen molar-refractivity contribution < 1.29 is 9.90 Å². The molecule has 0 atom stereocenters. The SMILES string of the molecule is CNCC=Cc1ccc(C(=O)O)c(N)c1. The van der Waals surface area contributed by atoms with Crippen molar-refractivity contribution in [2.24, 2.45) is 0 Å². The summed E-state index contributed by atoms with van der Waals surface area (Å²) in [4.78, 5) is 10.7. The van der Waals surface area contributed by atoms with Gasteiger partial charge in [0.2, 0.25) is 0 Å². The second kappa shape index (κ2) is 5.17. The molecule has 1 rings (SSSR count). The summed E-state index contributed by atoms with van der Waals surface area (Å²) in [6.45, 7) is 0.764. The van der Waals surface area contributed by atoms with Crippen LogP contribution >= 0.6 is 0 Å². The predicted molar refractivity (Wildman–Crippen MR) is 60.8 cm³/mol. The number of nitrogen functional groups attached to an aromatic ring is 1. The fourth-order valence-electron chi connectivity index (χ4n) is 1.19. The van der Waals surface area contributed by atoms with Gasteiger partial charge in [-0.25, -0.2) is 4.79 Å². The molecular weight excluding hydrogens is 192 g/mol. The first-order chi connectivity index (χ1) is 7.15. The maximum atomic E-state index is 10.7. The zero-order valence-electron chi connectivity index (χ0n) is 8.53. The molecule has 1 aromatic carbocycles. The summed E-state index contributed by atoms with van der Waals surface area (Å²) in [5, 5.41) is 11.7. The number of carbonyl (C=O) groups is 1. The first kappa shape index (κ1) is 11.3. The number of aromatic carboxylic acids is 1. The van der Waals surface area contributed by atoms with Gasteiger partial charge in [-0.1, -0.05) is 18.2 Å². The van der Waals surface area contributed by atoms with Crippen molar-refractivity contribution in [3.05, 3.63) is 35.4 Å². The lowest BCUT2D eigenvalue weighted by molar-refractivity contribution is 0.0698. The Kier molecular flexibility index (Phi) is 3.88. The van der Waals surface area contributed by atoms with Crippen LogP contribution in [0.25, 0.3) is 6.08 Å². The van der Waals surface area contributed by atoms with E-state index in [1.54, 1.807) is 12.1 Å². The molecule has 0 aliphatic carbocycles. The number of anilines is 1. The topological polar surface area (TPSA) is 75.3 Å². The van der Waals surface area contributed by atoms with E-state index >= 15 is 0 Å². The van der Waals surface area contributed by atoms with Crippen molar-refractivity contribution in [3.8, 4) is 0 Å². The lowest BCUT2D eigenvalue weighted by Crippen LogP contribution is -2.04. The summed E-state index contributed by atoms with van der Waals surface area (Å²) in [5.41, 5.74) is 6.92. The molecular formula is C11H14N2O2. The number of likely N-dealkylation sites (N-methyl/N-ethyl adjacent to an activating group) is 1. The van der Waals surface area contributed by atoms with E-state index < -0.39 is 5.97 Å². The summed E-state index contributed by atoms with van der Waals surface area (Å²) in [7, 11) is 1.85. The Morgan fingerprint density at radius 3 is 2.87 bits per heavy atom. The van der Waals surface area contributed by atoms with Gasteiger partial charge in [-0.2, -0.15) is 0 Å². The van der Waals surface area contributed by atoms with Crippen LogP contribution in [0.5, 0.6) is 0 Å². The first-order valence-electron chi connectivity index (χ1n) is 4.59. The van der Waals surface area contributed by atoms with Gasteiger partial charge in [0.05, 0.1) is 5.56 Å². The molecule has 0 aliphatic rings. The third-order valence-corrected chi connectivity index (χ3v) is 1.94. The zero-order valence-corrected chi connectivity index (χ0v) is 8.53. The van der Waals surface area contributed by atoms with Crippen molar-refractivity contribution in [1.29, 1.82) is 0 Å². The Bertz CT molecular complexity index is 386. The highest BCUT2D eigenvalue weighted by Gasteiger charge is 2.06. The minimum atomic E-state index is -1.00. The maximum absolute atomic E-state index is 10.7. The van der Waals surface area contributed by atoms with Gasteiger partial charge < -0.3 is 16.2 Å². The zero-order chi connectivity index (χ0) is 11.3. The van der Waals surface area contributed by atoms with Crippen LogP contribution in [0.1, 0.15) is 15.9 Å². The van der Waals surface area contributed by atoms with Gasteiger partial charge in [0, 0.05) is 12.2 Å². The Morgan fingerprint density at radius 2 is 2.33 bits per heavy atom. The van der Waals surface area contributed by atoms with Gasteiger partial charge in [-0.05, 0) is 24.7 Å². The molecule has 0 heterocycles. The van der Waals surface area contributed by atoms with Gasteiger partial charge in [0.1, 0.15) is 0 Å². The summed E-state index contributed by atoms with van der Waals surface area (Å²) in [6.07, 6.45) is 3.83. The van der Waals surface area contributed by atoms with E-state index in [0.717, 1.165) is 12.1 Å². The van der Waals surface area contributed by atoms with Crippen LogP contribution in [0.4, 0.5) is 5.69 Å². The second-order valence-electron chi connectivity index (χ2n) is 3.11. The molecule has 0 bridgehead atoms. The highest BCUT2D eigenvalue weighted by atomic mass is 16.4. The van der Waals surface area contributed by atoms with E-state index in [4.69, 9.17) is 10.8 Å². The lowest BCUT2D eigenvalue weighted by Gasteiger charge is -2.01. The average Bonchev–Trinajstić information content (AvgIpc) is 2.17. The number of hydrogen-bond donors (Lipinski definition) is 3. The molecule has 1 aromatic rings.